The Morgan fingerprint density at radius 1 is 0.347 bits per heavy atom. The fraction of sp³-hybridized carbons (Fsp3) is 0.0612. The van der Waals surface area contributed by atoms with E-state index in [0.29, 0.717) is 5.92 Å². The number of benzene rings is 9. The molecule has 0 radical (unpaired) electrons. The van der Waals surface area contributed by atoms with Crippen molar-refractivity contribution in [3.05, 3.63) is 169 Å². The van der Waals surface area contributed by atoms with Gasteiger partial charge in [-0.1, -0.05) is 165 Å². The number of hydrogen-bond donors (Lipinski definition) is 0. The molecule has 0 heteroatoms. The molecule has 0 saturated carbocycles. The van der Waals surface area contributed by atoms with E-state index in [4.69, 9.17) is 0 Å². The van der Waals surface area contributed by atoms with Gasteiger partial charge in [-0.05, 0) is 122 Å². The second-order valence-electron chi connectivity index (χ2n) is 14.0. The number of fused-ring (bicyclic) bond motifs is 5. The lowest BCUT2D eigenvalue weighted by Gasteiger charge is -2.19. The van der Waals surface area contributed by atoms with Gasteiger partial charge in [-0.15, -0.1) is 0 Å². The van der Waals surface area contributed by atoms with E-state index >= 15 is 0 Å². The first kappa shape index (κ1) is 27.0. The topological polar surface area (TPSA) is 0 Å². The molecule has 0 amide bonds. The smallest absolute Gasteiger partial charge is 0.00201 e. The van der Waals surface area contributed by atoms with E-state index in [9.17, 15) is 0 Å². The van der Waals surface area contributed by atoms with Gasteiger partial charge in [0.15, 0.2) is 0 Å². The van der Waals surface area contributed by atoms with Gasteiger partial charge >= 0.3 is 0 Å². The van der Waals surface area contributed by atoms with Crippen LogP contribution in [0, 0.1) is 0 Å². The van der Waals surface area contributed by atoms with Gasteiger partial charge in [-0.25, -0.2) is 0 Å². The fourth-order valence-electron chi connectivity index (χ4n) is 9.36. The van der Waals surface area contributed by atoms with Gasteiger partial charge < -0.3 is 0 Å². The van der Waals surface area contributed by atoms with Crippen molar-refractivity contribution in [3.8, 4) is 55.6 Å². The van der Waals surface area contributed by atoms with Crippen molar-refractivity contribution in [3.63, 3.8) is 0 Å². The second-order valence-corrected chi connectivity index (χ2v) is 14.0. The van der Waals surface area contributed by atoms with E-state index in [1.807, 2.05) is 0 Å². The normalized spacial score (nSPS) is 14.3. The first-order valence-electron chi connectivity index (χ1n) is 17.5. The average molecular weight is 621 g/mol. The van der Waals surface area contributed by atoms with Crippen LogP contribution in [-0.2, 0) is 6.42 Å². The predicted molar refractivity (Wildman–Crippen MR) is 209 cm³/mol. The van der Waals surface area contributed by atoms with Crippen LogP contribution in [-0.4, -0.2) is 0 Å². The zero-order valence-electron chi connectivity index (χ0n) is 27.3. The quantitative estimate of drug-likeness (QED) is 0.172. The van der Waals surface area contributed by atoms with Crippen LogP contribution < -0.4 is 0 Å². The third kappa shape index (κ3) is 3.69. The molecule has 1 atom stereocenters. The van der Waals surface area contributed by atoms with E-state index in [2.05, 4.69) is 165 Å². The summed E-state index contributed by atoms with van der Waals surface area (Å²) >= 11 is 0. The van der Waals surface area contributed by atoms with E-state index in [0.717, 1.165) is 6.42 Å². The molecule has 0 aromatic heterocycles. The van der Waals surface area contributed by atoms with Crippen molar-refractivity contribution in [1.29, 1.82) is 0 Å². The summed E-state index contributed by atoms with van der Waals surface area (Å²) in [4.78, 5) is 0. The molecular weight excluding hydrogens is 589 g/mol. The van der Waals surface area contributed by atoms with Gasteiger partial charge in [0.05, 0.1) is 0 Å². The summed E-state index contributed by atoms with van der Waals surface area (Å²) in [5.74, 6) is 0.586. The lowest BCUT2D eigenvalue weighted by molar-refractivity contribution is 0.798. The summed E-state index contributed by atoms with van der Waals surface area (Å²) in [6, 6.07) is 59.3. The Bertz CT molecular complexity index is 2760. The lowest BCUT2D eigenvalue weighted by atomic mass is 9.84. The summed E-state index contributed by atoms with van der Waals surface area (Å²) in [5.41, 5.74) is 16.1. The van der Waals surface area contributed by atoms with Crippen LogP contribution >= 0.6 is 0 Å². The molecule has 2 aliphatic carbocycles. The maximum atomic E-state index is 2.37. The van der Waals surface area contributed by atoms with Gasteiger partial charge in [-0.2, -0.15) is 0 Å². The molecule has 2 aliphatic rings. The molecule has 9 aromatic carbocycles. The summed E-state index contributed by atoms with van der Waals surface area (Å²) in [6.07, 6.45) is 1.14. The minimum absolute atomic E-state index is 0.586. The monoisotopic (exact) mass is 620 g/mol. The molecule has 228 valence electrons. The third-order valence-electron chi connectivity index (χ3n) is 11.4. The first-order chi connectivity index (χ1) is 24.2. The van der Waals surface area contributed by atoms with Crippen LogP contribution in [0.1, 0.15) is 24.0 Å². The highest BCUT2D eigenvalue weighted by Crippen LogP contribution is 2.52. The molecule has 0 heterocycles. The molecule has 11 rings (SSSR count). The molecule has 0 spiro atoms. The minimum atomic E-state index is 0.586. The Morgan fingerprint density at radius 2 is 0.837 bits per heavy atom. The average Bonchev–Trinajstić information content (AvgIpc) is 3.67. The van der Waals surface area contributed by atoms with Crippen molar-refractivity contribution >= 4 is 43.1 Å². The largest absolute Gasteiger partial charge is 0.0616 e. The highest BCUT2D eigenvalue weighted by Gasteiger charge is 2.25. The Hall–Kier alpha value is -5.98. The van der Waals surface area contributed by atoms with Crippen molar-refractivity contribution in [2.75, 3.05) is 0 Å². The van der Waals surface area contributed by atoms with Crippen molar-refractivity contribution in [2.24, 2.45) is 0 Å². The van der Waals surface area contributed by atoms with E-state index in [-0.39, 0.29) is 0 Å². The van der Waals surface area contributed by atoms with E-state index in [1.165, 1.54) is 110 Å². The van der Waals surface area contributed by atoms with Crippen LogP contribution in [0.15, 0.2) is 158 Å². The van der Waals surface area contributed by atoms with Gasteiger partial charge in [0.1, 0.15) is 0 Å². The maximum Gasteiger partial charge on any atom is -0.00201 e. The van der Waals surface area contributed by atoms with Crippen molar-refractivity contribution < 1.29 is 0 Å². The van der Waals surface area contributed by atoms with Gasteiger partial charge in [0, 0.05) is 0 Å². The standard InChI is InChI=1S/C49H32/c1-29-28-32-10-8-17-37-34(25-24-33(29)47(32)37)30-20-22-31(23-21-30)46-39-13-4-6-15-41(39)49(42-16-7-5-14-40(42)46)45-27-26-44-36-12-3-2-11-35(36)38-18-9-19-43(45)48(38)44/h2-27,29H,28H2,1H3. The summed E-state index contributed by atoms with van der Waals surface area (Å²) < 4.78 is 0. The highest BCUT2D eigenvalue weighted by molar-refractivity contribution is 6.26. The molecule has 0 nitrogen and oxygen atoms in total. The molecule has 1 unspecified atom stereocenters. The molecule has 0 fully saturated rings. The number of hydrogen-bond acceptors (Lipinski definition) is 0. The lowest BCUT2D eigenvalue weighted by Crippen LogP contribution is -1.92. The maximum absolute atomic E-state index is 2.37. The number of rotatable bonds is 3. The zero-order chi connectivity index (χ0) is 32.2. The third-order valence-corrected chi connectivity index (χ3v) is 11.4. The summed E-state index contributed by atoms with van der Waals surface area (Å²) in [5, 5.41) is 10.7. The van der Waals surface area contributed by atoms with Gasteiger partial charge in [0.2, 0.25) is 0 Å². The second kappa shape index (κ2) is 10.0. The molecule has 0 bridgehead atoms. The highest BCUT2D eigenvalue weighted by atomic mass is 14.3. The molecule has 0 N–H and O–H groups in total. The molecule has 0 aliphatic heterocycles. The van der Waals surface area contributed by atoms with Gasteiger partial charge in [0.25, 0.3) is 0 Å². The molecule has 9 aromatic rings. The van der Waals surface area contributed by atoms with Gasteiger partial charge in [-0.3, -0.25) is 0 Å². The predicted octanol–water partition coefficient (Wildman–Crippen LogP) is 13.6. The Morgan fingerprint density at radius 3 is 1.53 bits per heavy atom. The van der Waals surface area contributed by atoms with Crippen LogP contribution in [0.4, 0.5) is 0 Å². The van der Waals surface area contributed by atoms with Crippen LogP contribution in [0.3, 0.4) is 0 Å². The van der Waals surface area contributed by atoms with Crippen LogP contribution in [0.25, 0.3) is 98.7 Å². The zero-order valence-corrected chi connectivity index (χ0v) is 27.3. The van der Waals surface area contributed by atoms with Crippen LogP contribution in [0.2, 0.25) is 0 Å². The molecule has 49 heavy (non-hydrogen) atoms. The van der Waals surface area contributed by atoms with Crippen molar-refractivity contribution in [1.82, 2.24) is 0 Å². The summed E-state index contributed by atoms with van der Waals surface area (Å²) in [6.45, 7) is 2.35. The van der Waals surface area contributed by atoms with E-state index < -0.39 is 0 Å². The minimum Gasteiger partial charge on any atom is -0.0616 e. The molecule has 0 saturated heterocycles. The SMILES string of the molecule is CC1Cc2cccc3c(-c4ccc(-c5c6ccccc6c(-c6ccc7c8c(cccc68)-c6ccccc6-7)c6ccccc56)cc4)ccc1c23. The first-order valence-corrected chi connectivity index (χ1v) is 17.5. The molecular formula is C49H32. The van der Waals surface area contributed by atoms with Crippen molar-refractivity contribution in [2.45, 2.75) is 19.3 Å². The summed E-state index contributed by atoms with van der Waals surface area (Å²) in [7, 11) is 0. The van der Waals surface area contributed by atoms with E-state index in [1.54, 1.807) is 0 Å². The fourth-order valence-corrected chi connectivity index (χ4v) is 9.36. The Labute approximate surface area is 285 Å². The Kier molecular flexibility index (Phi) is 5.52. The van der Waals surface area contributed by atoms with Crippen LogP contribution in [0.5, 0.6) is 0 Å². The Balaban J connectivity index is 1.13.